The Hall–Kier alpha value is -1.13. The van der Waals surface area contributed by atoms with E-state index < -0.39 is 0 Å². The highest BCUT2D eigenvalue weighted by Crippen LogP contribution is 2.24. The van der Waals surface area contributed by atoms with Gasteiger partial charge in [0.05, 0.1) is 0 Å². The molecule has 2 atom stereocenters. The Morgan fingerprint density at radius 2 is 2.11 bits per heavy atom. The van der Waals surface area contributed by atoms with Gasteiger partial charge in [-0.3, -0.25) is 4.90 Å². The van der Waals surface area contributed by atoms with Crippen LogP contribution in [0, 0.1) is 0 Å². The van der Waals surface area contributed by atoms with Gasteiger partial charge in [-0.2, -0.15) is 0 Å². The first-order chi connectivity index (χ1) is 9.24. The van der Waals surface area contributed by atoms with Crippen molar-refractivity contribution in [2.45, 2.75) is 38.3 Å². The minimum Gasteiger partial charge on any atom is -0.355 e. The summed E-state index contributed by atoms with van der Waals surface area (Å²) < 4.78 is 0. The lowest BCUT2D eigenvalue weighted by atomic mass is 10.1. The van der Waals surface area contributed by atoms with E-state index in [1.807, 2.05) is 13.1 Å². The van der Waals surface area contributed by atoms with Crippen LogP contribution in [0.15, 0.2) is 18.3 Å². The van der Waals surface area contributed by atoms with E-state index in [4.69, 9.17) is 5.73 Å². The second-order valence-corrected chi connectivity index (χ2v) is 5.87. The standard InChI is InChI=1S/C15H24N4/c1-12(16)13-5-6-15(17-10-13)19-9-3-8-18-7-2-4-14(18)11-19/h5-6,10,12,14H,2-4,7-9,11,16H2,1H3/t12-,14?/m0/s1. The number of rotatable bonds is 2. The van der Waals surface area contributed by atoms with Gasteiger partial charge in [0.15, 0.2) is 0 Å². The first kappa shape index (κ1) is 12.9. The van der Waals surface area contributed by atoms with E-state index in [2.05, 4.69) is 26.9 Å². The number of aromatic nitrogens is 1. The summed E-state index contributed by atoms with van der Waals surface area (Å²) >= 11 is 0. The fourth-order valence-corrected chi connectivity index (χ4v) is 3.27. The van der Waals surface area contributed by atoms with Crippen molar-refractivity contribution in [3.8, 4) is 0 Å². The van der Waals surface area contributed by atoms with Gasteiger partial charge in [0.1, 0.15) is 5.82 Å². The van der Waals surface area contributed by atoms with Crippen LogP contribution in [0.4, 0.5) is 5.82 Å². The van der Waals surface area contributed by atoms with Gasteiger partial charge in [-0.25, -0.2) is 4.98 Å². The number of pyridine rings is 1. The Labute approximate surface area is 115 Å². The summed E-state index contributed by atoms with van der Waals surface area (Å²) in [7, 11) is 0. The fraction of sp³-hybridized carbons (Fsp3) is 0.667. The van der Waals surface area contributed by atoms with Crippen molar-refractivity contribution in [1.29, 1.82) is 0 Å². The van der Waals surface area contributed by atoms with Gasteiger partial charge in [-0.05, 0) is 44.4 Å². The van der Waals surface area contributed by atoms with Gasteiger partial charge in [-0.15, -0.1) is 0 Å². The van der Waals surface area contributed by atoms with Crippen molar-refractivity contribution >= 4 is 5.82 Å². The van der Waals surface area contributed by atoms with Crippen molar-refractivity contribution in [2.75, 3.05) is 31.1 Å². The maximum Gasteiger partial charge on any atom is 0.128 e. The predicted octanol–water partition coefficient (Wildman–Crippen LogP) is 1.78. The van der Waals surface area contributed by atoms with E-state index in [9.17, 15) is 0 Å². The molecular weight excluding hydrogens is 236 g/mol. The van der Waals surface area contributed by atoms with Gasteiger partial charge in [0.2, 0.25) is 0 Å². The number of hydrogen-bond donors (Lipinski definition) is 1. The van der Waals surface area contributed by atoms with Crippen LogP contribution in [-0.2, 0) is 0 Å². The fourth-order valence-electron chi connectivity index (χ4n) is 3.27. The van der Waals surface area contributed by atoms with E-state index in [0.717, 1.165) is 30.5 Å². The first-order valence-corrected chi connectivity index (χ1v) is 7.44. The normalized spacial score (nSPS) is 26.0. The molecule has 2 aliphatic heterocycles. The van der Waals surface area contributed by atoms with Gasteiger partial charge in [0.25, 0.3) is 0 Å². The SMILES string of the molecule is C[C@H](N)c1ccc(N2CCCN3CCCC3C2)nc1. The van der Waals surface area contributed by atoms with Gasteiger partial charge in [-0.1, -0.05) is 6.07 Å². The van der Waals surface area contributed by atoms with E-state index in [0.29, 0.717) is 0 Å². The second kappa shape index (κ2) is 5.47. The minimum absolute atomic E-state index is 0.0657. The van der Waals surface area contributed by atoms with E-state index in [1.54, 1.807) is 0 Å². The van der Waals surface area contributed by atoms with E-state index >= 15 is 0 Å². The molecule has 2 aliphatic rings. The summed E-state index contributed by atoms with van der Waals surface area (Å²) in [5.41, 5.74) is 6.99. The molecule has 4 nitrogen and oxygen atoms in total. The monoisotopic (exact) mass is 260 g/mol. The Kier molecular flexibility index (Phi) is 3.71. The van der Waals surface area contributed by atoms with Crippen LogP contribution in [0.5, 0.6) is 0 Å². The lowest BCUT2D eigenvalue weighted by Crippen LogP contribution is -2.36. The maximum atomic E-state index is 5.88. The topological polar surface area (TPSA) is 45.4 Å². The van der Waals surface area contributed by atoms with Crippen LogP contribution in [-0.4, -0.2) is 42.1 Å². The molecule has 19 heavy (non-hydrogen) atoms. The smallest absolute Gasteiger partial charge is 0.128 e. The quantitative estimate of drug-likeness (QED) is 0.880. The summed E-state index contributed by atoms with van der Waals surface area (Å²) in [4.78, 5) is 9.70. The third kappa shape index (κ3) is 2.74. The molecule has 1 unspecified atom stereocenters. The molecule has 2 N–H and O–H groups in total. The second-order valence-electron chi connectivity index (χ2n) is 5.87. The van der Waals surface area contributed by atoms with Crippen molar-refractivity contribution in [3.05, 3.63) is 23.9 Å². The summed E-state index contributed by atoms with van der Waals surface area (Å²) in [6, 6.07) is 5.04. The summed E-state index contributed by atoms with van der Waals surface area (Å²) in [5.74, 6) is 1.11. The molecule has 3 heterocycles. The van der Waals surface area contributed by atoms with Crippen molar-refractivity contribution in [3.63, 3.8) is 0 Å². The third-order valence-corrected chi connectivity index (χ3v) is 4.42. The molecule has 2 saturated heterocycles. The van der Waals surface area contributed by atoms with E-state index in [-0.39, 0.29) is 6.04 Å². The van der Waals surface area contributed by atoms with Gasteiger partial charge in [0, 0.05) is 37.9 Å². The Morgan fingerprint density at radius 3 is 2.84 bits per heavy atom. The Bertz CT molecular complexity index is 415. The molecule has 104 valence electrons. The molecule has 0 bridgehead atoms. The summed E-state index contributed by atoms with van der Waals surface area (Å²) in [6.07, 6.45) is 5.87. The summed E-state index contributed by atoms with van der Waals surface area (Å²) in [5, 5.41) is 0. The number of fused-ring (bicyclic) bond motifs is 1. The Balaban J connectivity index is 1.73. The lowest BCUT2D eigenvalue weighted by molar-refractivity contribution is 0.273. The minimum atomic E-state index is 0.0657. The number of hydrogen-bond acceptors (Lipinski definition) is 4. The van der Waals surface area contributed by atoms with Gasteiger partial charge < -0.3 is 10.6 Å². The zero-order chi connectivity index (χ0) is 13.2. The van der Waals surface area contributed by atoms with Crippen LogP contribution in [0.1, 0.15) is 37.8 Å². The van der Waals surface area contributed by atoms with Crippen LogP contribution < -0.4 is 10.6 Å². The molecule has 1 aromatic heterocycles. The Morgan fingerprint density at radius 1 is 1.26 bits per heavy atom. The van der Waals surface area contributed by atoms with Gasteiger partial charge >= 0.3 is 0 Å². The number of anilines is 1. The lowest BCUT2D eigenvalue weighted by Gasteiger charge is -2.26. The average Bonchev–Trinajstić information content (AvgIpc) is 2.76. The van der Waals surface area contributed by atoms with Crippen molar-refractivity contribution in [1.82, 2.24) is 9.88 Å². The predicted molar refractivity (Wildman–Crippen MR) is 78.3 cm³/mol. The number of nitrogens with zero attached hydrogens (tertiary/aromatic N) is 3. The molecule has 2 fully saturated rings. The largest absolute Gasteiger partial charge is 0.355 e. The van der Waals surface area contributed by atoms with Crippen LogP contribution >= 0.6 is 0 Å². The molecule has 0 amide bonds. The average molecular weight is 260 g/mol. The van der Waals surface area contributed by atoms with Crippen LogP contribution in [0.2, 0.25) is 0 Å². The first-order valence-electron chi connectivity index (χ1n) is 7.44. The molecule has 0 aliphatic carbocycles. The highest BCUT2D eigenvalue weighted by atomic mass is 15.3. The molecule has 0 spiro atoms. The zero-order valence-electron chi connectivity index (χ0n) is 11.8. The van der Waals surface area contributed by atoms with E-state index in [1.165, 1.54) is 32.4 Å². The molecular formula is C15H24N4. The zero-order valence-corrected chi connectivity index (χ0v) is 11.8. The molecule has 1 aromatic rings. The molecule has 0 saturated carbocycles. The third-order valence-electron chi connectivity index (χ3n) is 4.42. The number of nitrogens with two attached hydrogens (primary N) is 1. The van der Waals surface area contributed by atoms with Crippen LogP contribution in [0.3, 0.4) is 0 Å². The summed E-state index contributed by atoms with van der Waals surface area (Å²) in [6.45, 7) is 6.79. The highest BCUT2D eigenvalue weighted by Gasteiger charge is 2.29. The highest BCUT2D eigenvalue weighted by molar-refractivity contribution is 5.40. The maximum absolute atomic E-state index is 5.88. The molecule has 0 radical (unpaired) electrons. The molecule has 4 heteroatoms. The van der Waals surface area contributed by atoms with Crippen molar-refractivity contribution in [2.24, 2.45) is 5.73 Å². The molecule has 3 rings (SSSR count). The molecule has 0 aromatic carbocycles. The van der Waals surface area contributed by atoms with Crippen LogP contribution in [0.25, 0.3) is 0 Å². The van der Waals surface area contributed by atoms with Crippen molar-refractivity contribution < 1.29 is 0 Å².